The molecule has 6 nitrogen and oxygen atoms in total. The van der Waals surface area contributed by atoms with Gasteiger partial charge in [0.15, 0.2) is 11.5 Å². The average molecular weight is 377 g/mol. The Bertz CT molecular complexity index is 948. The van der Waals surface area contributed by atoms with Crippen LogP contribution in [0.4, 0.5) is 0 Å². The van der Waals surface area contributed by atoms with Gasteiger partial charge >= 0.3 is 0 Å². The zero-order chi connectivity index (χ0) is 19.9. The van der Waals surface area contributed by atoms with Crippen LogP contribution in [-0.4, -0.2) is 29.7 Å². The lowest BCUT2D eigenvalue weighted by atomic mass is 10.0. The van der Waals surface area contributed by atoms with E-state index in [-0.39, 0.29) is 5.91 Å². The van der Waals surface area contributed by atoms with E-state index in [1.165, 1.54) is 0 Å². The first-order valence-corrected chi connectivity index (χ1v) is 8.87. The van der Waals surface area contributed by atoms with Gasteiger partial charge in [-0.15, -0.1) is 6.58 Å². The Morgan fingerprint density at radius 3 is 2.61 bits per heavy atom. The van der Waals surface area contributed by atoms with Gasteiger partial charge in [0.2, 0.25) is 0 Å². The predicted molar refractivity (Wildman–Crippen MR) is 108 cm³/mol. The number of methoxy groups -OCH3 is 2. The maximum Gasteiger partial charge on any atom is 0.251 e. The van der Waals surface area contributed by atoms with E-state index < -0.39 is 0 Å². The van der Waals surface area contributed by atoms with E-state index in [1.807, 2.05) is 35.0 Å². The van der Waals surface area contributed by atoms with E-state index in [9.17, 15) is 4.79 Å². The molecule has 0 bridgehead atoms. The Morgan fingerprint density at radius 1 is 1.21 bits per heavy atom. The molecule has 0 aliphatic carbocycles. The molecule has 0 aliphatic rings. The molecule has 1 N–H and O–H groups in total. The number of hydrogen-bond donors (Lipinski definition) is 1. The molecule has 0 radical (unpaired) electrons. The van der Waals surface area contributed by atoms with E-state index in [4.69, 9.17) is 9.47 Å². The molecule has 0 saturated heterocycles. The van der Waals surface area contributed by atoms with Crippen LogP contribution in [0.3, 0.4) is 0 Å². The number of imidazole rings is 1. The van der Waals surface area contributed by atoms with Crippen LogP contribution in [-0.2, 0) is 13.0 Å². The summed E-state index contributed by atoms with van der Waals surface area (Å²) in [6.45, 7) is 4.19. The zero-order valence-corrected chi connectivity index (χ0v) is 16.0. The van der Waals surface area contributed by atoms with Crippen molar-refractivity contribution in [1.29, 1.82) is 0 Å². The SMILES string of the molecule is C=CCc1cc(C(=O)NCc2ccc(-n3ccnc3)cc2)cc(OC)c1OC. The normalized spacial score (nSPS) is 10.4. The number of benzene rings is 2. The summed E-state index contributed by atoms with van der Waals surface area (Å²) in [4.78, 5) is 16.7. The van der Waals surface area contributed by atoms with Crippen molar-refractivity contribution in [2.45, 2.75) is 13.0 Å². The molecule has 1 aromatic heterocycles. The number of ether oxygens (including phenoxy) is 2. The van der Waals surface area contributed by atoms with Crippen LogP contribution in [0.1, 0.15) is 21.5 Å². The predicted octanol–water partition coefficient (Wildman–Crippen LogP) is 3.55. The fraction of sp³-hybridized carbons (Fsp3) is 0.182. The molecule has 1 amide bonds. The molecule has 28 heavy (non-hydrogen) atoms. The van der Waals surface area contributed by atoms with Crippen LogP contribution in [0.15, 0.2) is 67.8 Å². The molecule has 144 valence electrons. The molecular formula is C22H23N3O3. The quantitative estimate of drug-likeness (QED) is 0.610. The molecule has 3 rings (SSSR count). The third-order valence-electron chi connectivity index (χ3n) is 4.37. The first kappa shape index (κ1) is 19.2. The van der Waals surface area contributed by atoms with Gasteiger partial charge in [-0.2, -0.15) is 0 Å². The molecule has 0 unspecified atom stereocenters. The summed E-state index contributed by atoms with van der Waals surface area (Å²) in [6, 6.07) is 11.4. The number of nitrogens with one attached hydrogen (secondary N) is 1. The highest BCUT2D eigenvalue weighted by Crippen LogP contribution is 2.33. The number of carbonyl (C=O) groups excluding carboxylic acids is 1. The molecular weight excluding hydrogens is 354 g/mol. The lowest BCUT2D eigenvalue weighted by Crippen LogP contribution is -2.23. The Kier molecular flexibility index (Phi) is 6.11. The molecule has 2 aromatic carbocycles. The van der Waals surface area contributed by atoms with Crippen molar-refractivity contribution in [3.05, 3.63) is 84.5 Å². The summed E-state index contributed by atoms with van der Waals surface area (Å²) in [5.41, 5.74) is 3.39. The fourth-order valence-corrected chi connectivity index (χ4v) is 2.96. The van der Waals surface area contributed by atoms with Crippen LogP contribution in [0, 0.1) is 0 Å². The van der Waals surface area contributed by atoms with Crippen LogP contribution in [0.5, 0.6) is 11.5 Å². The van der Waals surface area contributed by atoms with Crippen molar-refractivity contribution < 1.29 is 14.3 Å². The molecule has 0 saturated carbocycles. The third-order valence-corrected chi connectivity index (χ3v) is 4.37. The van der Waals surface area contributed by atoms with Crippen LogP contribution in [0.2, 0.25) is 0 Å². The van der Waals surface area contributed by atoms with Gasteiger partial charge < -0.3 is 19.4 Å². The highest BCUT2D eigenvalue weighted by atomic mass is 16.5. The van der Waals surface area contributed by atoms with Gasteiger partial charge in [-0.3, -0.25) is 4.79 Å². The van der Waals surface area contributed by atoms with Crippen molar-refractivity contribution in [2.75, 3.05) is 14.2 Å². The van der Waals surface area contributed by atoms with Crippen molar-refractivity contribution in [1.82, 2.24) is 14.9 Å². The summed E-state index contributed by atoms with van der Waals surface area (Å²) in [5, 5.41) is 2.95. The Morgan fingerprint density at radius 2 is 2.00 bits per heavy atom. The number of carbonyl (C=O) groups is 1. The maximum absolute atomic E-state index is 12.7. The molecule has 6 heteroatoms. The van der Waals surface area contributed by atoms with Crippen molar-refractivity contribution >= 4 is 5.91 Å². The van der Waals surface area contributed by atoms with Crippen LogP contribution in [0.25, 0.3) is 5.69 Å². The van der Waals surface area contributed by atoms with Gasteiger partial charge in [0.25, 0.3) is 5.91 Å². The van der Waals surface area contributed by atoms with Crippen LogP contribution >= 0.6 is 0 Å². The second-order valence-corrected chi connectivity index (χ2v) is 6.18. The van der Waals surface area contributed by atoms with Crippen LogP contribution < -0.4 is 14.8 Å². The number of aromatic nitrogens is 2. The molecule has 0 fully saturated rings. The van der Waals surface area contributed by atoms with E-state index in [0.717, 1.165) is 16.8 Å². The van der Waals surface area contributed by atoms with Gasteiger partial charge in [0.1, 0.15) is 0 Å². The standard InChI is InChI=1S/C22H23N3O3/c1-4-5-17-12-18(13-20(27-2)21(17)28-3)22(26)24-14-16-6-8-19(9-7-16)25-11-10-23-15-25/h4,6-13,15H,1,5,14H2,2-3H3,(H,24,26). The topological polar surface area (TPSA) is 65.4 Å². The van der Waals surface area contributed by atoms with Crippen molar-refractivity contribution in [3.63, 3.8) is 0 Å². The first-order chi connectivity index (χ1) is 13.7. The second-order valence-electron chi connectivity index (χ2n) is 6.18. The Labute approximate surface area is 164 Å². The van der Waals surface area contributed by atoms with Crippen molar-refractivity contribution in [2.24, 2.45) is 0 Å². The maximum atomic E-state index is 12.7. The lowest BCUT2D eigenvalue weighted by molar-refractivity contribution is 0.0950. The minimum Gasteiger partial charge on any atom is -0.493 e. The molecule has 0 aliphatic heterocycles. The number of nitrogens with zero attached hydrogens (tertiary/aromatic N) is 2. The van der Waals surface area contributed by atoms with E-state index in [2.05, 4.69) is 16.9 Å². The van der Waals surface area contributed by atoms with E-state index in [0.29, 0.717) is 30.0 Å². The van der Waals surface area contributed by atoms with Gasteiger partial charge in [0.05, 0.1) is 20.5 Å². The van der Waals surface area contributed by atoms with Gasteiger partial charge in [-0.1, -0.05) is 18.2 Å². The minimum atomic E-state index is -0.176. The smallest absolute Gasteiger partial charge is 0.251 e. The number of hydrogen-bond acceptors (Lipinski definition) is 4. The summed E-state index contributed by atoms with van der Waals surface area (Å²) in [6.07, 6.45) is 7.71. The largest absolute Gasteiger partial charge is 0.493 e. The average Bonchev–Trinajstić information content (AvgIpc) is 3.27. The molecule has 3 aromatic rings. The summed E-state index contributed by atoms with van der Waals surface area (Å²) in [5.74, 6) is 0.968. The van der Waals surface area contributed by atoms with Gasteiger partial charge in [-0.05, 0) is 36.2 Å². The summed E-state index contributed by atoms with van der Waals surface area (Å²) in [7, 11) is 3.14. The summed E-state index contributed by atoms with van der Waals surface area (Å²) >= 11 is 0. The monoisotopic (exact) mass is 377 g/mol. The van der Waals surface area contributed by atoms with E-state index >= 15 is 0 Å². The van der Waals surface area contributed by atoms with Gasteiger partial charge in [0, 0.05) is 35.8 Å². The zero-order valence-electron chi connectivity index (χ0n) is 16.0. The van der Waals surface area contributed by atoms with Gasteiger partial charge in [-0.25, -0.2) is 4.98 Å². The molecule has 0 atom stereocenters. The third kappa shape index (κ3) is 4.23. The first-order valence-electron chi connectivity index (χ1n) is 8.87. The number of rotatable bonds is 8. The second kappa shape index (κ2) is 8.90. The Balaban J connectivity index is 1.72. The fourth-order valence-electron chi connectivity index (χ4n) is 2.96. The summed E-state index contributed by atoms with van der Waals surface area (Å²) < 4.78 is 12.7. The Hall–Kier alpha value is -3.54. The molecule has 0 spiro atoms. The lowest BCUT2D eigenvalue weighted by Gasteiger charge is -2.14. The minimum absolute atomic E-state index is 0.176. The molecule has 1 heterocycles. The number of allylic oxidation sites excluding steroid dienone is 1. The highest BCUT2D eigenvalue weighted by Gasteiger charge is 2.15. The van der Waals surface area contributed by atoms with E-state index in [1.54, 1.807) is 45.0 Å². The number of amides is 1. The highest BCUT2D eigenvalue weighted by molar-refractivity contribution is 5.95. The van der Waals surface area contributed by atoms with Crippen molar-refractivity contribution in [3.8, 4) is 17.2 Å².